The highest BCUT2D eigenvalue weighted by molar-refractivity contribution is 6.74. The molecule has 1 aliphatic carbocycles. The van der Waals surface area contributed by atoms with Gasteiger partial charge in [-0.15, -0.1) is 0 Å². The first-order chi connectivity index (χ1) is 9.43. The smallest absolute Gasteiger partial charge is 0.248 e. The van der Waals surface area contributed by atoms with Crippen LogP contribution in [0.1, 0.15) is 59.8 Å². The van der Waals surface area contributed by atoms with Crippen molar-refractivity contribution in [1.82, 2.24) is 5.32 Å². The molecule has 0 amide bonds. The van der Waals surface area contributed by atoms with Crippen LogP contribution in [0.15, 0.2) is 0 Å². The lowest BCUT2D eigenvalue weighted by molar-refractivity contribution is -0.0405. The Bertz CT molecular complexity index is 319. The van der Waals surface area contributed by atoms with E-state index in [-0.39, 0.29) is 30.0 Å². The standard InChI is InChI=1S/C16H33F2NOSi/c1-13(20-21(5,6)15(2,3)4)9-12-19-14-7-10-16(17,18)11-8-14/h13-14,19H,7-12H2,1-6H3/t13-/m1/s1. The fourth-order valence-corrected chi connectivity index (χ4v) is 3.95. The first-order valence-corrected chi connectivity index (χ1v) is 11.1. The Labute approximate surface area is 130 Å². The Morgan fingerprint density at radius 2 is 1.76 bits per heavy atom. The van der Waals surface area contributed by atoms with Crippen LogP contribution in [0.2, 0.25) is 18.1 Å². The van der Waals surface area contributed by atoms with Crippen molar-refractivity contribution in [3.8, 4) is 0 Å². The molecule has 1 rings (SSSR count). The number of hydrogen-bond acceptors (Lipinski definition) is 2. The van der Waals surface area contributed by atoms with E-state index in [4.69, 9.17) is 4.43 Å². The zero-order valence-corrected chi connectivity index (χ0v) is 15.6. The maximum Gasteiger partial charge on any atom is 0.248 e. The lowest BCUT2D eigenvalue weighted by atomic mass is 9.92. The van der Waals surface area contributed by atoms with Crippen LogP contribution in [0.4, 0.5) is 8.78 Å². The fourth-order valence-electron chi connectivity index (χ4n) is 2.47. The van der Waals surface area contributed by atoms with Gasteiger partial charge in [-0.1, -0.05) is 20.8 Å². The fraction of sp³-hybridized carbons (Fsp3) is 1.00. The lowest BCUT2D eigenvalue weighted by Gasteiger charge is -2.38. The molecule has 0 saturated heterocycles. The van der Waals surface area contributed by atoms with Gasteiger partial charge < -0.3 is 9.74 Å². The van der Waals surface area contributed by atoms with Crippen molar-refractivity contribution in [1.29, 1.82) is 0 Å². The van der Waals surface area contributed by atoms with Crippen LogP contribution in [-0.2, 0) is 4.43 Å². The molecule has 0 radical (unpaired) electrons. The number of nitrogens with one attached hydrogen (secondary N) is 1. The molecule has 0 heterocycles. The second kappa shape index (κ2) is 7.05. The van der Waals surface area contributed by atoms with E-state index in [0.29, 0.717) is 12.8 Å². The first kappa shape index (κ1) is 19.0. The Morgan fingerprint density at radius 1 is 1.24 bits per heavy atom. The van der Waals surface area contributed by atoms with Crippen molar-refractivity contribution in [2.24, 2.45) is 0 Å². The van der Waals surface area contributed by atoms with E-state index in [1.165, 1.54) is 0 Å². The van der Waals surface area contributed by atoms with E-state index in [1.54, 1.807) is 0 Å². The molecule has 2 nitrogen and oxygen atoms in total. The molecule has 1 N–H and O–H groups in total. The van der Waals surface area contributed by atoms with Crippen LogP contribution in [-0.4, -0.2) is 32.9 Å². The van der Waals surface area contributed by atoms with Gasteiger partial charge >= 0.3 is 0 Å². The van der Waals surface area contributed by atoms with Crippen molar-refractivity contribution in [2.75, 3.05) is 6.54 Å². The van der Waals surface area contributed by atoms with Gasteiger partial charge in [-0.2, -0.15) is 0 Å². The van der Waals surface area contributed by atoms with E-state index in [9.17, 15) is 8.78 Å². The molecule has 126 valence electrons. The number of alkyl halides is 2. The predicted octanol–water partition coefficient (Wildman–Crippen LogP) is 4.95. The van der Waals surface area contributed by atoms with E-state index in [0.717, 1.165) is 13.0 Å². The summed E-state index contributed by atoms with van der Waals surface area (Å²) in [7, 11) is -1.70. The highest BCUT2D eigenvalue weighted by Gasteiger charge is 2.38. The summed E-state index contributed by atoms with van der Waals surface area (Å²) in [5.41, 5.74) is 0. The van der Waals surface area contributed by atoms with Crippen molar-refractivity contribution in [3.05, 3.63) is 0 Å². The van der Waals surface area contributed by atoms with Gasteiger partial charge in [0.05, 0.1) is 0 Å². The molecule has 1 aliphatic rings. The Kier molecular flexibility index (Phi) is 6.39. The lowest BCUT2D eigenvalue weighted by Crippen LogP contribution is -2.44. The molecule has 1 saturated carbocycles. The Balaban J connectivity index is 2.24. The quantitative estimate of drug-likeness (QED) is 0.699. The summed E-state index contributed by atoms with van der Waals surface area (Å²) >= 11 is 0. The van der Waals surface area contributed by atoms with Crippen LogP contribution >= 0.6 is 0 Å². The van der Waals surface area contributed by atoms with Crippen molar-refractivity contribution < 1.29 is 13.2 Å². The molecular weight excluding hydrogens is 288 g/mol. The zero-order valence-electron chi connectivity index (χ0n) is 14.6. The van der Waals surface area contributed by atoms with Gasteiger partial charge in [0.2, 0.25) is 5.92 Å². The third-order valence-electron chi connectivity index (χ3n) is 5.00. The monoisotopic (exact) mass is 321 g/mol. The molecule has 1 fully saturated rings. The van der Waals surface area contributed by atoms with Gasteiger partial charge in [-0.25, -0.2) is 8.78 Å². The van der Waals surface area contributed by atoms with E-state index < -0.39 is 14.2 Å². The van der Waals surface area contributed by atoms with E-state index in [1.807, 2.05) is 0 Å². The summed E-state index contributed by atoms with van der Waals surface area (Å²) in [6.07, 6.45) is 2.40. The van der Waals surface area contributed by atoms with Crippen molar-refractivity contribution >= 4 is 8.32 Å². The van der Waals surface area contributed by atoms with Crippen LogP contribution in [0.3, 0.4) is 0 Å². The van der Waals surface area contributed by atoms with Crippen molar-refractivity contribution in [2.45, 2.75) is 96.0 Å². The summed E-state index contributed by atoms with van der Waals surface area (Å²) in [4.78, 5) is 0. The van der Waals surface area contributed by atoms with Gasteiger partial charge in [0.25, 0.3) is 0 Å². The third-order valence-corrected chi connectivity index (χ3v) is 9.61. The van der Waals surface area contributed by atoms with E-state index in [2.05, 4.69) is 46.1 Å². The van der Waals surface area contributed by atoms with Gasteiger partial charge in [-0.05, 0) is 50.9 Å². The second-order valence-electron chi connectivity index (χ2n) is 8.06. The molecule has 21 heavy (non-hydrogen) atoms. The SMILES string of the molecule is C[C@H](CCNC1CCC(F)(F)CC1)O[Si](C)(C)C(C)(C)C. The molecule has 0 bridgehead atoms. The van der Waals surface area contributed by atoms with Gasteiger partial charge in [0.15, 0.2) is 8.32 Å². The van der Waals surface area contributed by atoms with Crippen LogP contribution in [0.25, 0.3) is 0 Å². The largest absolute Gasteiger partial charge is 0.414 e. The number of halogens is 2. The summed E-state index contributed by atoms with van der Waals surface area (Å²) in [6, 6.07) is 0.254. The van der Waals surface area contributed by atoms with Crippen LogP contribution in [0, 0.1) is 0 Å². The molecule has 5 heteroatoms. The van der Waals surface area contributed by atoms with Crippen LogP contribution < -0.4 is 5.32 Å². The summed E-state index contributed by atoms with van der Waals surface area (Å²) < 4.78 is 32.5. The number of hydrogen-bond donors (Lipinski definition) is 1. The summed E-state index contributed by atoms with van der Waals surface area (Å²) in [6.45, 7) is 14.2. The maximum absolute atomic E-state index is 13.1. The van der Waals surface area contributed by atoms with E-state index >= 15 is 0 Å². The molecule has 0 aromatic heterocycles. The minimum absolute atomic E-state index is 0.0285. The van der Waals surface area contributed by atoms with Crippen LogP contribution in [0.5, 0.6) is 0 Å². The average molecular weight is 322 g/mol. The van der Waals surface area contributed by atoms with Gasteiger partial charge in [0, 0.05) is 25.0 Å². The summed E-state index contributed by atoms with van der Waals surface area (Å²) in [5, 5.41) is 3.64. The molecule has 1 atom stereocenters. The highest BCUT2D eigenvalue weighted by Crippen LogP contribution is 2.37. The molecular formula is C16H33F2NOSi. The number of rotatable bonds is 6. The maximum atomic E-state index is 13.1. The van der Waals surface area contributed by atoms with Crippen molar-refractivity contribution in [3.63, 3.8) is 0 Å². The molecule has 0 aromatic rings. The normalized spacial score (nSPS) is 22.3. The minimum atomic E-state index is -2.43. The molecule has 0 spiro atoms. The minimum Gasteiger partial charge on any atom is -0.414 e. The van der Waals surface area contributed by atoms with Gasteiger partial charge in [0.1, 0.15) is 0 Å². The molecule has 0 aromatic carbocycles. The third kappa shape index (κ3) is 6.33. The second-order valence-corrected chi connectivity index (χ2v) is 12.8. The average Bonchev–Trinajstić information content (AvgIpc) is 2.29. The molecule has 0 unspecified atom stereocenters. The highest BCUT2D eigenvalue weighted by atomic mass is 28.4. The summed E-state index contributed by atoms with van der Waals surface area (Å²) in [5.74, 6) is -2.43. The van der Waals surface area contributed by atoms with Gasteiger partial charge in [-0.3, -0.25) is 0 Å². The predicted molar refractivity (Wildman–Crippen MR) is 87.6 cm³/mol. The Morgan fingerprint density at radius 3 is 2.24 bits per heavy atom. The zero-order chi connectivity index (χ0) is 16.3. The Hall–Kier alpha value is -0.00312. The first-order valence-electron chi connectivity index (χ1n) is 8.22. The molecule has 0 aliphatic heterocycles. The topological polar surface area (TPSA) is 21.3 Å².